The topological polar surface area (TPSA) is 38.9 Å². The molecule has 0 unspecified atom stereocenters. The van der Waals surface area contributed by atoms with Crippen LogP contribution >= 0.6 is 0 Å². The predicted octanol–water partition coefficient (Wildman–Crippen LogP) is 3.47. The fraction of sp³-hybridized carbons (Fsp3) is 0.143. The van der Waals surface area contributed by atoms with Crippen LogP contribution in [0.1, 0.15) is 18.7 Å². The summed E-state index contributed by atoms with van der Waals surface area (Å²) in [4.78, 5) is 4.41. The molecule has 0 saturated heterocycles. The Morgan fingerprint density at radius 1 is 1.06 bits per heavy atom. The molecule has 3 heteroatoms. The Labute approximate surface area is 99.5 Å². The lowest BCUT2D eigenvalue weighted by Gasteiger charge is -2.00. The van der Waals surface area contributed by atoms with E-state index in [-0.39, 0.29) is 0 Å². The largest absolute Gasteiger partial charge is 0.334 e. The molecule has 1 aliphatic rings. The summed E-state index contributed by atoms with van der Waals surface area (Å²) in [6, 6.07) is 9.84. The molecule has 1 aliphatic carbocycles. The van der Waals surface area contributed by atoms with Crippen molar-refractivity contribution in [3.63, 3.8) is 0 Å². The lowest BCUT2D eigenvalue weighted by atomic mass is 10.1. The first-order valence-electron chi connectivity index (χ1n) is 5.70. The van der Waals surface area contributed by atoms with Gasteiger partial charge in [-0.3, -0.25) is 0 Å². The smallest absolute Gasteiger partial charge is 0.257 e. The molecule has 17 heavy (non-hydrogen) atoms. The summed E-state index contributed by atoms with van der Waals surface area (Å²) in [5.41, 5.74) is 1.99. The van der Waals surface area contributed by atoms with Gasteiger partial charge in [-0.15, -0.1) is 0 Å². The van der Waals surface area contributed by atoms with Gasteiger partial charge in [0.2, 0.25) is 5.82 Å². The number of allylic oxidation sites excluding steroid dienone is 4. The van der Waals surface area contributed by atoms with Crippen LogP contribution < -0.4 is 0 Å². The summed E-state index contributed by atoms with van der Waals surface area (Å²) < 4.78 is 5.28. The van der Waals surface area contributed by atoms with Crippen molar-refractivity contribution in [1.82, 2.24) is 10.1 Å². The van der Waals surface area contributed by atoms with Gasteiger partial charge in [-0.2, -0.15) is 4.98 Å². The molecular formula is C14H12N2O. The monoisotopic (exact) mass is 224 g/mol. The maximum Gasteiger partial charge on any atom is 0.257 e. The minimum atomic E-state index is 0.597. The van der Waals surface area contributed by atoms with Crippen LogP contribution in [0.2, 0.25) is 0 Å². The minimum absolute atomic E-state index is 0.597. The van der Waals surface area contributed by atoms with Crippen LogP contribution in [0.4, 0.5) is 0 Å². The van der Waals surface area contributed by atoms with E-state index in [2.05, 4.69) is 22.3 Å². The van der Waals surface area contributed by atoms with E-state index < -0.39 is 0 Å². The van der Waals surface area contributed by atoms with E-state index in [4.69, 9.17) is 4.52 Å². The van der Waals surface area contributed by atoms with Gasteiger partial charge in [-0.05, 0) is 12.8 Å². The first-order chi connectivity index (χ1) is 8.43. The Morgan fingerprint density at radius 3 is 2.71 bits per heavy atom. The Bertz CT molecular complexity index is 567. The van der Waals surface area contributed by atoms with E-state index in [1.807, 2.05) is 36.4 Å². The SMILES string of the molecule is C1=CC(c2nc(-c3ccccc3)no2)=CCC1. The third-order valence-electron chi connectivity index (χ3n) is 2.70. The minimum Gasteiger partial charge on any atom is -0.334 e. The molecule has 1 aromatic carbocycles. The molecule has 3 rings (SSSR count). The summed E-state index contributed by atoms with van der Waals surface area (Å²) in [6.07, 6.45) is 8.41. The van der Waals surface area contributed by atoms with E-state index in [9.17, 15) is 0 Å². The highest BCUT2D eigenvalue weighted by molar-refractivity contribution is 5.70. The molecule has 0 spiro atoms. The van der Waals surface area contributed by atoms with Gasteiger partial charge in [-0.1, -0.05) is 53.7 Å². The summed E-state index contributed by atoms with van der Waals surface area (Å²) in [5, 5.41) is 4.00. The molecule has 0 saturated carbocycles. The molecular weight excluding hydrogens is 212 g/mol. The number of benzene rings is 1. The van der Waals surface area contributed by atoms with Gasteiger partial charge in [0.05, 0.1) is 0 Å². The third-order valence-corrected chi connectivity index (χ3v) is 2.70. The normalized spacial score (nSPS) is 14.7. The molecule has 1 heterocycles. The zero-order valence-corrected chi connectivity index (χ0v) is 9.34. The molecule has 2 aromatic rings. The summed E-state index contributed by atoms with van der Waals surface area (Å²) >= 11 is 0. The molecule has 0 amide bonds. The number of aromatic nitrogens is 2. The average Bonchev–Trinajstić information content (AvgIpc) is 2.90. The highest BCUT2D eigenvalue weighted by atomic mass is 16.5. The molecule has 0 N–H and O–H groups in total. The second-order valence-electron chi connectivity index (χ2n) is 3.93. The standard InChI is InChI=1S/C14H12N2O/c1-3-7-11(8-4-1)13-15-14(17-16-13)12-9-5-2-6-10-12/h1,3-5,7-10H,2,6H2. The van der Waals surface area contributed by atoms with Crippen molar-refractivity contribution in [3.8, 4) is 11.4 Å². The predicted molar refractivity (Wildman–Crippen MR) is 66.1 cm³/mol. The highest BCUT2D eigenvalue weighted by Gasteiger charge is 2.11. The van der Waals surface area contributed by atoms with Crippen molar-refractivity contribution in [2.45, 2.75) is 12.8 Å². The Morgan fingerprint density at radius 2 is 1.94 bits per heavy atom. The van der Waals surface area contributed by atoms with Crippen LogP contribution in [0.5, 0.6) is 0 Å². The second kappa shape index (κ2) is 4.37. The Kier molecular flexibility index (Phi) is 2.58. The zero-order valence-electron chi connectivity index (χ0n) is 9.34. The fourth-order valence-corrected chi connectivity index (χ4v) is 1.82. The zero-order chi connectivity index (χ0) is 11.5. The molecule has 0 atom stereocenters. The van der Waals surface area contributed by atoms with Crippen molar-refractivity contribution in [1.29, 1.82) is 0 Å². The highest BCUT2D eigenvalue weighted by Crippen LogP contribution is 2.22. The first kappa shape index (κ1) is 10.0. The van der Waals surface area contributed by atoms with Gasteiger partial charge < -0.3 is 4.52 Å². The van der Waals surface area contributed by atoms with Crippen LogP contribution in [-0.4, -0.2) is 10.1 Å². The number of rotatable bonds is 2. The Balaban J connectivity index is 1.93. The van der Waals surface area contributed by atoms with E-state index in [1.165, 1.54) is 0 Å². The van der Waals surface area contributed by atoms with Gasteiger partial charge >= 0.3 is 0 Å². The molecule has 0 aliphatic heterocycles. The maximum absolute atomic E-state index is 5.28. The maximum atomic E-state index is 5.28. The average molecular weight is 224 g/mol. The molecule has 3 nitrogen and oxygen atoms in total. The first-order valence-corrected chi connectivity index (χ1v) is 5.70. The van der Waals surface area contributed by atoms with Gasteiger partial charge in [0.1, 0.15) is 0 Å². The van der Waals surface area contributed by atoms with Crippen molar-refractivity contribution < 1.29 is 4.52 Å². The van der Waals surface area contributed by atoms with E-state index in [0.29, 0.717) is 11.7 Å². The van der Waals surface area contributed by atoms with Crippen molar-refractivity contribution >= 4 is 5.57 Å². The molecule has 84 valence electrons. The second-order valence-corrected chi connectivity index (χ2v) is 3.93. The van der Waals surface area contributed by atoms with E-state index >= 15 is 0 Å². The van der Waals surface area contributed by atoms with Crippen LogP contribution in [0.15, 0.2) is 53.1 Å². The van der Waals surface area contributed by atoms with Crippen LogP contribution in [0.3, 0.4) is 0 Å². The van der Waals surface area contributed by atoms with Crippen molar-refractivity contribution in [2.24, 2.45) is 0 Å². The van der Waals surface area contributed by atoms with E-state index in [0.717, 1.165) is 24.0 Å². The van der Waals surface area contributed by atoms with Gasteiger partial charge in [0, 0.05) is 11.1 Å². The number of nitrogens with zero attached hydrogens (tertiary/aromatic N) is 2. The van der Waals surface area contributed by atoms with Gasteiger partial charge in [0.15, 0.2) is 0 Å². The Hall–Kier alpha value is -2.16. The van der Waals surface area contributed by atoms with E-state index in [1.54, 1.807) is 0 Å². The summed E-state index contributed by atoms with van der Waals surface area (Å²) in [5.74, 6) is 1.24. The quantitative estimate of drug-likeness (QED) is 0.784. The van der Waals surface area contributed by atoms with Gasteiger partial charge in [-0.25, -0.2) is 0 Å². The lowest BCUT2D eigenvalue weighted by molar-refractivity contribution is 0.409. The number of hydrogen-bond donors (Lipinski definition) is 0. The fourth-order valence-electron chi connectivity index (χ4n) is 1.82. The van der Waals surface area contributed by atoms with Crippen LogP contribution in [0.25, 0.3) is 17.0 Å². The molecule has 0 fully saturated rings. The molecule has 0 radical (unpaired) electrons. The number of hydrogen-bond acceptors (Lipinski definition) is 3. The summed E-state index contributed by atoms with van der Waals surface area (Å²) in [6.45, 7) is 0. The third kappa shape index (κ3) is 2.04. The van der Waals surface area contributed by atoms with Crippen LogP contribution in [0, 0.1) is 0 Å². The van der Waals surface area contributed by atoms with Gasteiger partial charge in [0.25, 0.3) is 5.89 Å². The van der Waals surface area contributed by atoms with Crippen molar-refractivity contribution in [2.75, 3.05) is 0 Å². The van der Waals surface area contributed by atoms with Crippen LogP contribution in [-0.2, 0) is 0 Å². The lowest BCUT2D eigenvalue weighted by Crippen LogP contribution is -1.86. The van der Waals surface area contributed by atoms with Crippen molar-refractivity contribution in [3.05, 3.63) is 54.5 Å². The summed E-state index contributed by atoms with van der Waals surface area (Å²) in [7, 11) is 0. The molecule has 0 bridgehead atoms. The molecule has 1 aromatic heterocycles.